The highest BCUT2D eigenvalue weighted by Crippen LogP contribution is 2.22. The molecule has 14 heavy (non-hydrogen) atoms. The van der Waals surface area contributed by atoms with Gasteiger partial charge in [0.1, 0.15) is 5.75 Å². The van der Waals surface area contributed by atoms with Crippen LogP contribution >= 0.6 is 0 Å². The van der Waals surface area contributed by atoms with Gasteiger partial charge in [0.25, 0.3) is 0 Å². The summed E-state index contributed by atoms with van der Waals surface area (Å²) in [5.74, 6) is 6.38. The molecule has 0 heterocycles. The van der Waals surface area contributed by atoms with E-state index in [1.165, 1.54) is 0 Å². The molecular weight excluding hydrogens is 174 g/mol. The molecule has 0 amide bonds. The molecule has 0 unspecified atom stereocenters. The van der Waals surface area contributed by atoms with Crippen molar-refractivity contribution in [1.29, 1.82) is 0 Å². The number of phenolic OH excluding ortho intramolecular Hbond substituents is 1. The van der Waals surface area contributed by atoms with Crippen LogP contribution in [0.4, 0.5) is 0 Å². The minimum atomic E-state index is 0.365. The topological polar surface area (TPSA) is 32.3 Å². The number of hydrogen-bond donors (Lipinski definition) is 2. The summed E-state index contributed by atoms with van der Waals surface area (Å²) in [4.78, 5) is 0. The van der Waals surface area contributed by atoms with Crippen LogP contribution in [0.15, 0.2) is 12.1 Å². The lowest BCUT2D eigenvalue weighted by molar-refractivity contribution is 0.467. The number of rotatable bonds is 1. The van der Waals surface area contributed by atoms with Gasteiger partial charge in [0.2, 0.25) is 0 Å². The predicted octanol–water partition coefficient (Wildman–Crippen LogP) is 1.58. The molecule has 0 radical (unpaired) electrons. The Bertz CT molecular complexity index is 362. The van der Waals surface area contributed by atoms with Crippen LogP contribution in [0.2, 0.25) is 0 Å². The van der Waals surface area contributed by atoms with E-state index < -0.39 is 0 Å². The van der Waals surface area contributed by atoms with Crippen molar-refractivity contribution in [3.63, 3.8) is 0 Å². The molecule has 0 aliphatic carbocycles. The van der Waals surface area contributed by atoms with E-state index in [1.807, 2.05) is 33.0 Å². The maximum absolute atomic E-state index is 9.54. The maximum atomic E-state index is 9.54. The molecule has 1 rings (SSSR count). The Hall–Kier alpha value is -1.46. The van der Waals surface area contributed by atoms with Crippen LogP contribution < -0.4 is 5.32 Å². The van der Waals surface area contributed by atoms with Gasteiger partial charge in [0.05, 0.1) is 6.54 Å². The highest BCUT2D eigenvalue weighted by molar-refractivity contribution is 5.47. The van der Waals surface area contributed by atoms with Crippen molar-refractivity contribution in [2.45, 2.75) is 13.8 Å². The van der Waals surface area contributed by atoms with Crippen LogP contribution in [0, 0.1) is 25.7 Å². The molecule has 0 bridgehead atoms. The molecule has 2 heteroatoms. The van der Waals surface area contributed by atoms with Gasteiger partial charge in [-0.05, 0) is 44.2 Å². The van der Waals surface area contributed by atoms with Gasteiger partial charge in [-0.1, -0.05) is 11.8 Å². The van der Waals surface area contributed by atoms with Crippen molar-refractivity contribution in [3.8, 4) is 17.6 Å². The minimum Gasteiger partial charge on any atom is -0.507 e. The standard InChI is InChI=1S/C12H15NO/c1-9-7-11(5-4-6-13-3)8-10(2)12(9)14/h7-8,13-14H,6H2,1-3H3. The summed E-state index contributed by atoms with van der Waals surface area (Å²) >= 11 is 0. The molecule has 0 saturated carbocycles. The van der Waals surface area contributed by atoms with Crippen LogP contribution in [0.1, 0.15) is 16.7 Å². The number of aryl methyl sites for hydroxylation is 2. The Kier molecular flexibility index (Phi) is 3.55. The number of hydrogen-bond acceptors (Lipinski definition) is 2. The summed E-state index contributed by atoms with van der Waals surface area (Å²) in [5, 5.41) is 12.5. The van der Waals surface area contributed by atoms with Crippen LogP contribution in [0.5, 0.6) is 5.75 Å². The highest BCUT2D eigenvalue weighted by Gasteiger charge is 2.00. The molecule has 1 aromatic carbocycles. The van der Waals surface area contributed by atoms with Crippen LogP contribution in [0.25, 0.3) is 0 Å². The summed E-state index contributed by atoms with van der Waals surface area (Å²) in [5.41, 5.74) is 2.70. The van der Waals surface area contributed by atoms with E-state index in [0.717, 1.165) is 16.7 Å². The Morgan fingerprint density at radius 1 is 1.29 bits per heavy atom. The van der Waals surface area contributed by atoms with Crippen molar-refractivity contribution in [2.24, 2.45) is 0 Å². The van der Waals surface area contributed by atoms with Gasteiger partial charge in [-0.3, -0.25) is 0 Å². The average molecular weight is 189 g/mol. The smallest absolute Gasteiger partial charge is 0.121 e. The van der Waals surface area contributed by atoms with Crippen molar-refractivity contribution in [2.75, 3.05) is 13.6 Å². The van der Waals surface area contributed by atoms with Crippen LogP contribution in [0.3, 0.4) is 0 Å². The largest absolute Gasteiger partial charge is 0.507 e. The second-order valence-electron chi connectivity index (χ2n) is 3.29. The van der Waals surface area contributed by atoms with Crippen molar-refractivity contribution < 1.29 is 5.11 Å². The Morgan fingerprint density at radius 2 is 1.86 bits per heavy atom. The molecule has 0 aliphatic heterocycles. The number of benzene rings is 1. The molecule has 0 aliphatic rings. The third kappa shape index (κ3) is 2.51. The van der Waals surface area contributed by atoms with Crippen molar-refractivity contribution in [1.82, 2.24) is 5.32 Å². The van der Waals surface area contributed by atoms with Crippen LogP contribution in [-0.4, -0.2) is 18.7 Å². The number of phenols is 1. The van der Waals surface area contributed by atoms with Gasteiger partial charge in [-0.2, -0.15) is 0 Å². The molecule has 0 aromatic heterocycles. The van der Waals surface area contributed by atoms with E-state index in [1.54, 1.807) is 0 Å². The molecule has 74 valence electrons. The van der Waals surface area contributed by atoms with Crippen molar-refractivity contribution >= 4 is 0 Å². The molecule has 0 saturated heterocycles. The first-order chi connectivity index (χ1) is 6.65. The fourth-order valence-electron chi connectivity index (χ4n) is 1.26. The van der Waals surface area contributed by atoms with Gasteiger partial charge in [0.15, 0.2) is 0 Å². The second-order valence-corrected chi connectivity index (χ2v) is 3.29. The predicted molar refractivity (Wildman–Crippen MR) is 58.4 cm³/mol. The van der Waals surface area contributed by atoms with Gasteiger partial charge in [-0.15, -0.1) is 0 Å². The van der Waals surface area contributed by atoms with Gasteiger partial charge in [-0.25, -0.2) is 0 Å². The Balaban J connectivity index is 2.97. The van der Waals surface area contributed by atoms with Gasteiger partial charge >= 0.3 is 0 Å². The van der Waals surface area contributed by atoms with E-state index in [4.69, 9.17) is 0 Å². The molecule has 2 nitrogen and oxygen atoms in total. The first-order valence-electron chi connectivity index (χ1n) is 4.59. The SMILES string of the molecule is CNCC#Cc1cc(C)c(O)c(C)c1. The molecule has 0 atom stereocenters. The number of nitrogens with one attached hydrogen (secondary N) is 1. The van der Waals surface area contributed by atoms with Crippen LogP contribution in [-0.2, 0) is 0 Å². The summed E-state index contributed by atoms with van der Waals surface area (Å²) in [6.07, 6.45) is 0. The minimum absolute atomic E-state index is 0.365. The zero-order chi connectivity index (χ0) is 10.6. The third-order valence-electron chi connectivity index (χ3n) is 1.99. The third-order valence-corrected chi connectivity index (χ3v) is 1.99. The van der Waals surface area contributed by atoms with E-state index in [9.17, 15) is 5.11 Å². The molecular formula is C12H15NO. The van der Waals surface area contributed by atoms with E-state index >= 15 is 0 Å². The Morgan fingerprint density at radius 3 is 2.36 bits per heavy atom. The summed E-state index contributed by atoms with van der Waals surface area (Å²) in [6.45, 7) is 4.44. The van der Waals surface area contributed by atoms with E-state index in [2.05, 4.69) is 17.2 Å². The zero-order valence-electron chi connectivity index (χ0n) is 8.81. The summed E-state index contributed by atoms with van der Waals surface area (Å²) in [7, 11) is 1.86. The highest BCUT2D eigenvalue weighted by atomic mass is 16.3. The maximum Gasteiger partial charge on any atom is 0.121 e. The average Bonchev–Trinajstić information content (AvgIpc) is 2.14. The number of aromatic hydroxyl groups is 1. The summed E-state index contributed by atoms with van der Waals surface area (Å²) in [6, 6.07) is 3.79. The van der Waals surface area contributed by atoms with E-state index in [0.29, 0.717) is 12.3 Å². The first kappa shape index (κ1) is 10.6. The molecule has 0 fully saturated rings. The lowest BCUT2D eigenvalue weighted by Gasteiger charge is -2.03. The monoisotopic (exact) mass is 189 g/mol. The zero-order valence-corrected chi connectivity index (χ0v) is 8.81. The summed E-state index contributed by atoms with van der Waals surface area (Å²) < 4.78 is 0. The molecule has 2 N–H and O–H groups in total. The lowest BCUT2D eigenvalue weighted by Crippen LogP contribution is -2.04. The molecule has 0 spiro atoms. The van der Waals surface area contributed by atoms with Gasteiger partial charge in [0, 0.05) is 5.56 Å². The molecule has 1 aromatic rings. The van der Waals surface area contributed by atoms with Crippen molar-refractivity contribution in [3.05, 3.63) is 28.8 Å². The van der Waals surface area contributed by atoms with Gasteiger partial charge < -0.3 is 10.4 Å². The second kappa shape index (κ2) is 4.69. The Labute approximate surface area is 85.0 Å². The fourth-order valence-corrected chi connectivity index (χ4v) is 1.26. The first-order valence-corrected chi connectivity index (χ1v) is 4.59. The van der Waals surface area contributed by atoms with E-state index in [-0.39, 0.29) is 0 Å². The quantitative estimate of drug-likeness (QED) is 0.657. The normalized spacial score (nSPS) is 9.36. The lowest BCUT2D eigenvalue weighted by atomic mass is 10.1. The fraction of sp³-hybridized carbons (Fsp3) is 0.333.